The van der Waals surface area contributed by atoms with Crippen molar-refractivity contribution < 1.29 is 9.59 Å². The molecule has 10 nitrogen and oxygen atoms in total. The van der Waals surface area contributed by atoms with Crippen LogP contribution in [0.15, 0.2) is 85.2 Å². The van der Waals surface area contributed by atoms with Crippen LogP contribution in [0.25, 0.3) is 22.2 Å². The Labute approximate surface area is 253 Å². The predicted octanol–water partition coefficient (Wildman–Crippen LogP) is 6.06. The van der Waals surface area contributed by atoms with Crippen LogP contribution in [0.3, 0.4) is 0 Å². The monoisotopic (exact) mass is 582 g/mol. The molecule has 218 valence electrons. The summed E-state index contributed by atoms with van der Waals surface area (Å²) in [7, 11) is 1.89. The number of nitrogens with one attached hydrogen (secondary N) is 3. The number of carbonyl (C=O) groups is 2. The van der Waals surface area contributed by atoms with Crippen molar-refractivity contribution in [1.29, 1.82) is 0 Å². The number of hydrogen-bond donors (Lipinski definition) is 3. The Morgan fingerprint density at radius 1 is 1.00 bits per heavy atom. The molecule has 4 heterocycles. The molecule has 6 aromatic rings. The van der Waals surface area contributed by atoms with Crippen molar-refractivity contribution in [2.24, 2.45) is 7.05 Å². The second-order valence-corrected chi connectivity index (χ2v) is 11.0. The average molecular weight is 583 g/mol. The Morgan fingerprint density at radius 3 is 2.61 bits per heavy atom. The smallest absolute Gasteiger partial charge is 0.259 e. The van der Waals surface area contributed by atoms with Gasteiger partial charge >= 0.3 is 0 Å². The molecule has 1 aliphatic heterocycles. The predicted molar refractivity (Wildman–Crippen MR) is 171 cm³/mol. The van der Waals surface area contributed by atoms with E-state index in [1.165, 1.54) is 0 Å². The molecule has 0 bridgehead atoms. The van der Waals surface area contributed by atoms with Gasteiger partial charge in [-0.15, -0.1) is 0 Å². The number of rotatable bonds is 7. The molecule has 0 atom stereocenters. The normalized spacial score (nSPS) is 12.5. The zero-order chi connectivity index (χ0) is 30.4. The number of amides is 2. The van der Waals surface area contributed by atoms with E-state index < -0.39 is 0 Å². The van der Waals surface area contributed by atoms with E-state index in [9.17, 15) is 9.59 Å². The summed E-state index contributed by atoms with van der Waals surface area (Å²) in [6, 6.07) is 22.9. The fraction of sp³-hybridized carbons (Fsp3) is 0.147. The number of aromatic amines is 1. The lowest BCUT2D eigenvalue weighted by Crippen LogP contribution is -2.23. The molecular weight excluding hydrogens is 552 g/mol. The van der Waals surface area contributed by atoms with E-state index in [4.69, 9.17) is 4.98 Å². The molecule has 0 spiro atoms. The number of fused-ring (bicyclic) bond motifs is 2. The second-order valence-electron chi connectivity index (χ2n) is 11.0. The molecule has 1 aliphatic rings. The Hall–Kier alpha value is -5.77. The molecule has 44 heavy (non-hydrogen) atoms. The molecule has 2 amide bonds. The highest BCUT2D eigenvalue weighted by Crippen LogP contribution is 2.39. The summed E-state index contributed by atoms with van der Waals surface area (Å²) in [6.07, 6.45) is 3.96. The van der Waals surface area contributed by atoms with Gasteiger partial charge in [0.05, 0.1) is 29.9 Å². The molecule has 3 aromatic heterocycles. The first-order valence-corrected chi connectivity index (χ1v) is 14.3. The molecule has 0 saturated heterocycles. The highest BCUT2D eigenvalue weighted by Gasteiger charge is 2.32. The summed E-state index contributed by atoms with van der Waals surface area (Å²) in [5.74, 6) is 0.877. The summed E-state index contributed by atoms with van der Waals surface area (Å²) in [5.41, 5.74) is 8.16. The standard InChI is InChI=1S/C34H30N8O2/c1-20-17-36-34(38-29-15-21(2)41(3)40-29)39-31(20)25-18-35-32-23(25)11-8-14-28(32)42-19-26-24(33(42)44)12-7-13-27(26)37-30(43)16-22-9-5-4-6-10-22/h4-15,17-18,35H,16,19H2,1-3H3,(H,37,43)(H,36,38,39,40). The number of anilines is 4. The molecule has 3 N–H and O–H groups in total. The number of benzene rings is 3. The molecule has 0 radical (unpaired) electrons. The molecule has 10 heteroatoms. The van der Waals surface area contributed by atoms with Gasteiger partial charge in [0.25, 0.3) is 5.91 Å². The summed E-state index contributed by atoms with van der Waals surface area (Å²) in [4.78, 5) is 41.0. The summed E-state index contributed by atoms with van der Waals surface area (Å²) in [6.45, 7) is 4.30. The molecule has 0 saturated carbocycles. The molecule has 0 fully saturated rings. The van der Waals surface area contributed by atoms with Crippen molar-refractivity contribution in [2.45, 2.75) is 26.8 Å². The zero-order valence-electron chi connectivity index (χ0n) is 24.5. The maximum Gasteiger partial charge on any atom is 0.259 e. The number of aromatic nitrogens is 5. The van der Waals surface area contributed by atoms with Gasteiger partial charge in [-0.05, 0) is 43.2 Å². The maximum atomic E-state index is 13.7. The topological polar surface area (TPSA) is 121 Å². The lowest BCUT2D eigenvalue weighted by atomic mass is 10.1. The fourth-order valence-electron chi connectivity index (χ4n) is 5.69. The van der Waals surface area contributed by atoms with Gasteiger partial charge in [-0.1, -0.05) is 48.5 Å². The minimum absolute atomic E-state index is 0.113. The third kappa shape index (κ3) is 4.86. The molecular formula is C34H30N8O2. The number of H-pyrrole nitrogens is 1. The molecule has 7 rings (SSSR count). The van der Waals surface area contributed by atoms with Crippen molar-refractivity contribution in [3.63, 3.8) is 0 Å². The van der Waals surface area contributed by atoms with Crippen molar-refractivity contribution in [2.75, 3.05) is 15.5 Å². The van der Waals surface area contributed by atoms with Crippen molar-refractivity contribution >= 4 is 45.9 Å². The van der Waals surface area contributed by atoms with Gasteiger partial charge in [0.2, 0.25) is 11.9 Å². The zero-order valence-corrected chi connectivity index (χ0v) is 24.5. The second kappa shape index (κ2) is 10.8. The van der Waals surface area contributed by atoms with Gasteiger partial charge in [0, 0.05) is 59.0 Å². The van der Waals surface area contributed by atoms with Gasteiger partial charge in [-0.3, -0.25) is 14.3 Å². The highest BCUT2D eigenvalue weighted by molar-refractivity contribution is 6.15. The van der Waals surface area contributed by atoms with E-state index in [1.807, 2.05) is 99.9 Å². The van der Waals surface area contributed by atoms with Gasteiger partial charge in [0.1, 0.15) is 0 Å². The maximum absolute atomic E-state index is 13.7. The van der Waals surface area contributed by atoms with Crippen LogP contribution in [-0.2, 0) is 24.8 Å². The van der Waals surface area contributed by atoms with Crippen LogP contribution in [0.1, 0.15) is 32.7 Å². The summed E-state index contributed by atoms with van der Waals surface area (Å²) < 4.78 is 1.79. The minimum Gasteiger partial charge on any atom is -0.359 e. The van der Waals surface area contributed by atoms with Crippen LogP contribution in [0.2, 0.25) is 0 Å². The first-order chi connectivity index (χ1) is 21.4. The van der Waals surface area contributed by atoms with E-state index in [1.54, 1.807) is 15.8 Å². The van der Waals surface area contributed by atoms with E-state index >= 15 is 0 Å². The van der Waals surface area contributed by atoms with Crippen molar-refractivity contribution in [3.05, 3.63) is 113 Å². The highest BCUT2D eigenvalue weighted by atomic mass is 16.2. The van der Waals surface area contributed by atoms with E-state index in [0.29, 0.717) is 29.6 Å². The Bertz CT molecular complexity index is 2040. The molecule has 0 unspecified atom stereocenters. The first kappa shape index (κ1) is 27.1. The fourth-order valence-corrected chi connectivity index (χ4v) is 5.69. The van der Waals surface area contributed by atoms with Crippen LogP contribution in [0, 0.1) is 13.8 Å². The van der Waals surface area contributed by atoms with Gasteiger partial charge in [-0.25, -0.2) is 9.97 Å². The first-order valence-electron chi connectivity index (χ1n) is 14.3. The average Bonchev–Trinajstić information content (AvgIpc) is 3.69. The third-order valence-corrected chi connectivity index (χ3v) is 8.01. The molecule has 0 aliphatic carbocycles. The van der Waals surface area contributed by atoms with Crippen LogP contribution < -0.4 is 15.5 Å². The van der Waals surface area contributed by atoms with E-state index in [0.717, 1.165) is 50.2 Å². The van der Waals surface area contributed by atoms with Crippen molar-refractivity contribution in [1.82, 2.24) is 24.7 Å². The minimum atomic E-state index is -0.126. The Balaban J connectivity index is 1.18. The van der Waals surface area contributed by atoms with Crippen LogP contribution >= 0.6 is 0 Å². The number of nitrogens with zero attached hydrogens (tertiary/aromatic N) is 5. The Kier molecular flexibility index (Phi) is 6.66. The molecule has 3 aromatic carbocycles. The van der Waals surface area contributed by atoms with Crippen LogP contribution in [0.4, 0.5) is 23.1 Å². The van der Waals surface area contributed by atoms with Gasteiger partial charge < -0.3 is 20.5 Å². The van der Waals surface area contributed by atoms with Crippen molar-refractivity contribution in [3.8, 4) is 11.3 Å². The van der Waals surface area contributed by atoms with Gasteiger partial charge in [-0.2, -0.15) is 5.10 Å². The summed E-state index contributed by atoms with van der Waals surface area (Å²) >= 11 is 0. The third-order valence-electron chi connectivity index (χ3n) is 8.01. The largest absolute Gasteiger partial charge is 0.359 e. The van der Waals surface area contributed by atoms with Crippen LogP contribution in [0.5, 0.6) is 0 Å². The quantitative estimate of drug-likeness (QED) is 0.210. The van der Waals surface area contributed by atoms with E-state index in [-0.39, 0.29) is 18.2 Å². The number of para-hydroxylation sites is 1. The number of aryl methyl sites for hydroxylation is 3. The summed E-state index contributed by atoms with van der Waals surface area (Å²) in [5, 5.41) is 11.6. The lowest BCUT2D eigenvalue weighted by Gasteiger charge is -2.17. The SMILES string of the molecule is Cc1cnc(Nc2cc(C)n(C)n2)nc1-c1c[nH]c2c(N3Cc4c(NC(=O)Cc5ccccc5)cccc4C3=O)cccc12. The van der Waals surface area contributed by atoms with Gasteiger partial charge in [0.15, 0.2) is 5.82 Å². The Morgan fingerprint density at radius 2 is 1.82 bits per heavy atom. The van der Waals surface area contributed by atoms with E-state index in [2.05, 4.69) is 25.7 Å². The number of hydrogen-bond acceptors (Lipinski definition) is 6. The number of carbonyl (C=O) groups excluding carboxylic acids is 2. The lowest BCUT2D eigenvalue weighted by molar-refractivity contribution is -0.115. The van der Waals surface area contributed by atoms with Crippen LogP contribution in [-0.4, -0.2) is 36.5 Å².